The first kappa shape index (κ1) is 13.1. The fourth-order valence-corrected chi connectivity index (χ4v) is 2.76. The Balaban J connectivity index is 2.23. The molecule has 1 heterocycles. The Morgan fingerprint density at radius 3 is 2.55 bits per heavy atom. The summed E-state index contributed by atoms with van der Waals surface area (Å²) in [7, 11) is 1.78. The smallest absolute Gasteiger partial charge is 0.131 e. The van der Waals surface area contributed by atoms with Crippen molar-refractivity contribution in [3.05, 3.63) is 64.7 Å². The maximum atomic E-state index is 13.8. The first-order valence-electron chi connectivity index (χ1n) is 6.19. The fraction of sp³-hybridized carbons (Fsp3) is 0.133. The maximum absolute atomic E-state index is 13.8. The molecule has 0 amide bonds. The molecule has 3 aromatic rings. The van der Waals surface area contributed by atoms with E-state index in [0.29, 0.717) is 16.1 Å². The lowest BCUT2D eigenvalue weighted by atomic mass is 9.97. The van der Waals surface area contributed by atoms with Crippen LogP contribution < -0.4 is 5.73 Å². The summed E-state index contributed by atoms with van der Waals surface area (Å²) < 4.78 is 15.5. The van der Waals surface area contributed by atoms with E-state index in [1.807, 2.05) is 12.1 Å². The van der Waals surface area contributed by atoms with E-state index in [4.69, 9.17) is 17.3 Å². The highest BCUT2D eigenvalue weighted by Gasteiger charge is 2.19. The summed E-state index contributed by atoms with van der Waals surface area (Å²) >= 11 is 6.13. The van der Waals surface area contributed by atoms with Crippen molar-refractivity contribution in [2.45, 2.75) is 6.04 Å². The first-order valence-corrected chi connectivity index (χ1v) is 6.57. The van der Waals surface area contributed by atoms with Gasteiger partial charge in [0.1, 0.15) is 5.82 Å². The molecule has 1 unspecified atom stereocenters. The van der Waals surface area contributed by atoms with Crippen LogP contribution in [0, 0.1) is 5.82 Å². The molecule has 0 aliphatic rings. The Morgan fingerprint density at radius 1 is 1.20 bits per heavy atom. The Morgan fingerprint density at radius 2 is 1.90 bits per heavy atom. The maximum Gasteiger partial charge on any atom is 0.131 e. The Kier molecular flexibility index (Phi) is 3.20. The molecule has 5 heteroatoms. The fourth-order valence-electron chi connectivity index (χ4n) is 2.47. The van der Waals surface area contributed by atoms with Gasteiger partial charge in [0.15, 0.2) is 0 Å². The van der Waals surface area contributed by atoms with Gasteiger partial charge in [0.05, 0.1) is 23.0 Å². The van der Waals surface area contributed by atoms with Gasteiger partial charge in [0, 0.05) is 12.4 Å². The standard InChI is InChI=1S/C15H13ClFN3/c1-20-15(12(16)8-19-20)14(18)11-6-7-13(17)10-5-3-2-4-9(10)11/h2-8,14H,18H2,1H3. The van der Waals surface area contributed by atoms with Crippen LogP contribution in [0.3, 0.4) is 0 Å². The Labute approximate surface area is 120 Å². The van der Waals surface area contributed by atoms with Crippen LogP contribution in [0.15, 0.2) is 42.6 Å². The van der Waals surface area contributed by atoms with E-state index in [0.717, 1.165) is 10.9 Å². The van der Waals surface area contributed by atoms with Gasteiger partial charge >= 0.3 is 0 Å². The highest BCUT2D eigenvalue weighted by Crippen LogP contribution is 2.31. The third-order valence-electron chi connectivity index (χ3n) is 3.47. The van der Waals surface area contributed by atoms with Crippen molar-refractivity contribution in [2.24, 2.45) is 12.8 Å². The summed E-state index contributed by atoms with van der Waals surface area (Å²) in [5.41, 5.74) is 7.85. The predicted octanol–water partition coefficient (Wildman–Crippen LogP) is 3.41. The average Bonchev–Trinajstić information content (AvgIpc) is 2.78. The molecule has 0 radical (unpaired) electrons. The third kappa shape index (κ3) is 1.97. The summed E-state index contributed by atoms with van der Waals surface area (Å²) in [6, 6.07) is 9.94. The van der Waals surface area contributed by atoms with Crippen LogP contribution >= 0.6 is 11.6 Å². The van der Waals surface area contributed by atoms with Gasteiger partial charge in [-0.3, -0.25) is 4.68 Å². The highest BCUT2D eigenvalue weighted by molar-refractivity contribution is 6.31. The molecule has 0 saturated carbocycles. The molecule has 0 aliphatic heterocycles. The van der Waals surface area contributed by atoms with Crippen molar-refractivity contribution in [3.63, 3.8) is 0 Å². The van der Waals surface area contributed by atoms with Crippen molar-refractivity contribution in [1.82, 2.24) is 9.78 Å². The molecule has 0 fully saturated rings. The Hall–Kier alpha value is -1.91. The van der Waals surface area contributed by atoms with E-state index in [2.05, 4.69) is 5.10 Å². The van der Waals surface area contributed by atoms with E-state index < -0.39 is 6.04 Å². The van der Waals surface area contributed by atoms with E-state index in [9.17, 15) is 4.39 Å². The molecule has 20 heavy (non-hydrogen) atoms. The number of rotatable bonds is 2. The number of fused-ring (bicyclic) bond motifs is 1. The molecule has 1 aromatic heterocycles. The van der Waals surface area contributed by atoms with Crippen LogP contribution in [0.4, 0.5) is 4.39 Å². The topological polar surface area (TPSA) is 43.8 Å². The number of nitrogens with zero attached hydrogens (tertiary/aromatic N) is 2. The zero-order valence-corrected chi connectivity index (χ0v) is 11.6. The van der Waals surface area contributed by atoms with E-state index in [-0.39, 0.29) is 5.82 Å². The average molecular weight is 290 g/mol. The molecule has 3 rings (SSSR count). The molecule has 0 aliphatic carbocycles. The van der Waals surface area contributed by atoms with Crippen molar-refractivity contribution in [2.75, 3.05) is 0 Å². The van der Waals surface area contributed by atoms with Crippen molar-refractivity contribution < 1.29 is 4.39 Å². The van der Waals surface area contributed by atoms with Gasteiger partial charge in [-0.25, -0.2) is 4.39 Å². The summed E-state index contributed by atoms with van der Waals surface area (Å²) in [4.78, 5) is 0. The monoisotopic (exact) mass is 289 g/mol. The minimum Gasteiger partial charge on any atom is -0.319 e. The lowest BCUT2D eigenvalue weighted by molar-refractivity contribution is 0.637. The van der Waals surface area contributed by atoms with Gasteiger partial charge < -0.3 is 5.73 Å². The largest absolute Gasteiger partial charge is 0.319 e. The number of halogens is 2. The van der Waals surface area contributed by atoms with Gasteiger partial charge in [-0.05, 0) is 17.0 Å². The molecule has 0 saturated heterocycles. The van der Waals surface area contributed by atoms with Gasteiger partial charge in [0.25, 0.3) is 0 Å². The number of hydrogen-bond donors (Lipinski definition) is 1. The van der Waals surface area contributed by atoms with Gasteiger partial charge in [0.2, 0.25) is 0 Å². The van der Waals surface area contributed by atoms with Gasteiger partial charge in [-0.2, -0.15) is 5.10 Å². The summed E-state index contributed by atoms with van der Waals surface area (Å²) in [6.07, 6.45) is 1.56. The zero-order chi connectivity index (χ0) is 14.3. The van der Waals surface area contributed by atoms with Crippen LogP contribution in [-0.4, -0.2) is 9.78 Å². The number of aromatic nitrogens is 2. The van der Waals surface area contributed by atoms with E-state index in [1.165, 1.54) is 6.07 Å². The minimum atomic E-state index is -0.458. The molecule has 0 bridgehead atoms. The predicted molar refractivity (Wildman–Crippen MR) is 78.2 cm³/mol. The van der Waals surface area contributed by atoms with Crippen molar-refractivity contribution in [3.8, 4) is 0 Å². The van der Waals surface area contributed by atoms with Gasteiger partial charge in [-0.1, -0.05) is 41.9 Å². The molecule has 3 nitrogen and oxygen atoms in total. The minimum absolute atomic E-state index is 0.257. The van der Waals surface area contributed by atoms with Crippen LogP contribution in [-0.2, 0) is 7.05 Å². The summed E-state index contributed by atoms with van der Waals surface area (Å²) in [5, 5.41) is 5.94. The number of hydrogen-bond acceptors (Lipinski definition) is 2. The van der Waals surface area contributed by atoms with Crippen LogP contribution in [0.25, 0.3) is 10.8 Å². The molecular formula is C15H13ClFN3. The second kappa shape index (κ2) is 4.89. The van der Waals surface area contributed by atoms with Gasteiger partial charge in [-0.15, -0.1) is 0 Å². The van der Waals surface area contributed by atoms with Crippen molar-refractivity contribution >= 4 is 22.4 Å². The number of aryl methyl sites for hydroxylation is 1. The molecule has 102 valence electrons. The molecular weight excluding hydrogens is 277 g/mol. The first-order chi connectivity index (χ1) is 9.59. The number of benzene rings is 2. The number of nitrogens with two attached hydrogens (primary N) is 1. The Bertz CT molecular complexity index is 762. The van der Waals surface area contributed by atoms with Crippen LogP contribution in [0.5, 0.6) is 0 Å². The molecule has 0 spiro atoms. The summed E-state index contributed by atoms with van der Waals surface area (Å²) in [6.45, 7) is 0. The van der Waals surface area contributed by atoms with E-state index >= 15 is 0 Å². The van der Waals surface area contributed by atoms with Crippen LogP contribution in [0.1, 0.15) is 17.3 Å². The third-order valence-corrected chi connectivity index (χ3v) is 3.76. The summed E-state index contributed by atoms with van der Waals surface area (Å²) in [5.74, 6) is -0.257. The molecule has 2 N–H and O–H groups in total. The SMILES string of the molecule is Cn1ncc(Cl)c1C(N)c1ccc(F)c2ccccc12. The van der Waals surface area contributed by atoms with Crippen molar-refractivity contribution in [1.29, 1.82) is 0 Å². The van der Waals surface area contributed by atoms with Crippen LogP contribution in [0.2, 0.25) is 5.02 Å². The lowest BCUT2D eigenvalue weighted by Gasteiger charge is -2.16. The molecule has 2 aromatic carbocycles. The lowest BCUT2D eigenvalue weighted by Crippen LogP contribution is -2.17. The zero-order valence-electron chi connectivity index (χ0n) is 10.8. The second-order valence-corrected chi connectivity index (χ2v) is 5.07. The van der Waals surface area contributed by atoms with E-state index in [1.54, 1.807) is 36.1 Å². The quantitative estimate of drug-likeness (QED) is 0.785. The second-order valence-electron chi connectivity index (χ2n) is 4.66. The molecule has 1 atom stereocenters. The highest BCUT2D eigenvalue weighted by atomic mass is 35.5. The normalized spacial score (nSPS) is 12.8.